The summed E-state index contributed by atoms with van der Waals surface area (Å²) in [5.74, 6) is 0.592. The zero-order valence-corrected chi connectivity index (χ0v) is 18.9. The highest BCUT2D eigenvalue weighted by atomic mass is 16.5. The van der Waals surface area contributed by atoms with E-state index in [1.165, 1.54) is 24.7 Å². The highest BCUT2D eigenvalue weighted by Gasteiger charge is 2.18. The van der Waals surface area contributed by atoms with E-state index in [9.17, 15) is 14.9 Å². The van der Waals surface area contributed by atoms with Crippen LogP contribution in [0.2, 0.25) is 0 Å². The monoisotopic (exact) mass is 468 g/mol. The number of rotatable bonds is 7. The molecule has 0 aliphatic heterocycles. The molecule has 9 nitrogen and oxygen atoms in total. The minimum atomic E-state index is -0.696. The Hall–Kier alpha value is -5.10. The van der Waals surface area contributed by atoms with Gasteiger partial charge in [-0.25, -0.2) is 0 Å². The Labute approximate surface area is 200 Å². The van der Waals surface area contributed by atoms with Crippen LogP contribution in [-0.4, -0.2) is 29.5 Å². The molecule has 0 radical (unpaired) electrons. The second kappa shape index (κ2) is 10.2. The van der Waals surface area contributed by atoms with E-state index in [-0.39, 0.29) is 17.0 Å². The van der Waals surface area contributed by atoms with E-state index in [1.807, 2.05) is 6.07 Å². The molecule has 9 heteroatoms. The zero-order valence-electron chi connectivity index (χ0n) is 18.9. The number of nitriles is 1. The summed E-state index contributed by atoms with van der Waals surface area (Å²) in [4.78, 5) is 30.6. The van der Waals surface area contributed by atoms with Crippen molar-refractivity contribution in [3.63, 3.8) is 0 Å². The van der Waals surface area contributed by atoms with Gasteiger partial charge in [0, 0.05) is 11.9 Å². The van der Waals surface area contributed by atoms with Gasteiger partial charge in [-0.2, -0.15) is 10.2 Å². The van der Waals surface area contributed by atoms with Crippen molar-refractivity contribution in [3.05, 3.63) is 94.4 Å². The standard InChI is InChI=1S/C26H20N4O5/c1-33-19-12-10-18(11-13-19)28-24(31)17(16-27)15-20-25(35-22-8-4-3-7-21(22)34-2)29-23-9-5-6-14-30(23)26(20)32/h3-15H,1-2H3,(H,28,31). The van der Waals surface area contributed by atoms with Gasteiger partial charge in [0.2, 0.25) is 5.88 Å². The maximum absolute atomic E-state index is 13.3. The topological polar surface area (TPSA) is 115 Å². The number of hydrogen-bond donors (Lipinski definition) is 1. The van der Waals surface area contributed by atoms with Crippen LogP contribution >= 0.6 is 0 Å². The van der Waals surface area contributed by atoms with Crippen LogP contribution in [0, 0.1) is 11.3 Å². The van der Waals surface area contributed by atoms with Crippen LogP contribution in [0.5, 0.6) is 23.1 Å². The molecule has 174 valence electrons. The third-order valence-corrected chi connectivity index (χ3v) is 5.01. The number of ether oxygens (including phenoxy) is 3. The molecular formula is C26H20N4O5. The van der Waals surface area contributed by atoms with E-state index < -0.39 is 11.5 Å². The maximum atomic E-state index is 13.3. The second-order valence-electron chi connectivity index (χ2n) is 7.17. The molecule has 1 amide bonds. The normalized spacial score (nSPS) is 10.9. The first kappa shape index (κ1) is 23.1. The van der Waals surface area contributed by atoms with Crippen molar-refractivity contribution in [1.82, 2.24) is 9.38 Å². The lowest BCUT2D eigenvalue weighted by Gasteiger charge is -2.12. The molecule has 0 bridgehead atoms. The van der Waals surface area contributed by atoms with Crippen LogP contribution in [0.1, 0.15) is 5.56 Å². The van der Waals surface area contributed by atoms with Crippen molar-refractivity contribution in [2.45, 2.75) is 0 Å². The van der Waals surface area contributed by atoms with Crippen molar-refractivity contribution in [2.75, 3.05) is 19.5 Å². The summed E-state index contributed by atoms with van der Waals surface area (Å²) in [7, 11) is 3.02. The van der Waals surface area contributed by atoms with Gasteiger partial charge in [0.15, 0.2) is 11.5 Å². The average molecular weight is 468 g/mol. The summed E-state index contributed by atoms with van der Waals surface area (Å²) in [6.45, 7) is 0. The predicted molar refractivity (Wildman–Crippen MR) is 130 cm³/mol. The van der Waals surface area contributed by atoms with Crippen LogP contribution in [0.15, 0.2) is 83.3 Å². The van der Waals surface area contributed by atoms with Gasteiger partial charge < -0.3 is 19.5 Å². The summed E-state index contributed by atoms with van der Waals surface area (Å²) >= 11 is 0. The van der Waals surface area contributed by atoms with Crippen LogP contribution in [0.4, 0.5) is 5.69 Å². The van der Waals surface area contributed by atoms with Gasteiger partial charge >= 0.3 is 0 Å². The summed E-state index contributed by atoms with van der Waals surface area (Å²) in [5, 5.41) is 12.3. The Morgan fingerprint density at radius 1 is 1.00 bits per heavy atom. The Morgan fingerprint density at radius 2 is 1.71 bits per heavy atom. The van der Waals surface area contributed by atoms with E-state index in [0.717, 1.165) is 0 Å². The minimum Gasteiger partial charge on any atom is -0.497 e. The zero-order chi connectivity index (χ0) is 24.8. The number of amides is 1. The number of fused-ring (bicyclic) bond motifs is 1. The Balaban J connectivity index is 1.78. The van der Waals surface area contributed by atoms with E-state index >= 15 is 0 Å². The molecule has 0 aliphatic carbocycles. The molecule has 35 heavy (non-hydrogen) atoms. The predicted octanol–water partition coefficient (Wildman–Crippen LogP) is 4.05. The molecule has 2 aromatic carbocycles. The van der Waals surface area contributed by atoms with Crippen molar-refractivity contribution < 1.29 is 19.0 Å². The molecule has 4 aromatic rings. The van der Waals surface area contributed by atoms with Crippen LogP contribution in [0.3, 0.4) is 0 Å². The number of carbonyl (C=O) groups is 1. The van der Waals surface area contributed by atoms with E-state index in [0.29, 0.717) is 28.6 Å². The molecule has 0 spiro atoms. The van der Waals surface area contributed by atoms with E-state index in [1.54, 1.807) is 72.9 Å². The summed E-state index contributed by atoms with van der Waals surface area (Å²) < 4.78 is 17.7. The first-order valence-electron chi connectivity index (χ1n) is 10.4. The van der Waals surface area contributed by atoms with Gasteiger partial charge in [0.25, 0.3) is 11.5 Å². The number of pyridine rings is 1. The van der Waals surface area contributed by atoms with Crippen LogP contribution < -0.4 is 25.1 Å². The number of anilines is 1. The van der Waals surface area contributed by atoms with Gasteiger partial charge in [-0.05, 0) is 54.6 Å². The van der Waals surface area contributed by atoms with Gasteiger partial charge in [0.05, 0.1) is 14.2 Å². The second-order valence-corrected chi connectivity index (χ2v) is 7.17. The number of methoxy groups -OCH3 is 2. The molecule has 0 aliphatic rings. The quantitative estimate of drug-likeness (QED) is 0.321. The SMILES string of the molecule is COc1ccc(NC(=O)C(C#N)=Cc2c(Oc3ccccc3OC)nc3ccccn3c2=O)cc1. The molecule has 0 saturated carbocycles. The van der Waals surface area contributed by atoms with Crippen LogP contribution in [-0.2, 0) is 4.79 Å². The third kappa shape index (κ3) is 4.96. The number of carbonyl (C=O) groups excluding carboxylic acids is 1. The highest BCUT2D eigenvalue weighted by Crippen LogP contribution is 2.31. The first-order chi connectivity index (χ1) is 17.0. The molecule has 0 fully saturated rings. The van der Waals surface area contributed by atoms with Crippen molar-refractivity contribution in [3.8, 4) is 29.2 Å². The van der Waals surface area contributed by atoms with Gasteiger partial charge in [-0.3, -0.25) is 14.0 Å². The van der Waals surface area contributed by atoms with Gasteiger partial charge in [-0.15, -0.1) is 0 Å². The molecule has 2 heterocycles. The molecule has 0 unspecified atom stereocenters. The number of benzene rings is 2. The molecule has 0 saturated heterocycles. The molecule has 4 rings (SSSR count). The van der Waals surface area contributed by atoms with Crippen molar-refractivity contribution in [1.29, 1.82) is 5.26 Å². The Bertz CT molecular complexity index is 1520. The lowest BCUT2D eigenvalue weighted by Crippen LogP contribution is -2.20. The lowest BCUT2D eigenvalue weighted by atomic mass is 10.1. The van der Waals surface area contributed by atoms with E-state index in [4.69, 9.17) is 14.2 Å². The largest absolute Gasteiger partial charge is 0.497 e. The number of hydrogen-bond acceptors (Lipinski definition) is 7. The van der Waals surface area contributed by atoms with Gasteiger partial charge in [-0.1, -0.05) is 18.2 Å². The summed E-state index contributed by atoms with van der Waals surface area (Å²) in [6, 6.07) is 20.4. The minimum absolute atomic E-state index is 0.0685. The lowest BCUT2D eigenvalue weighted by molar-refractivity contribution is -0.112. The van der Waals surface area contributed by atoms with Crippen LogP contribution in [0.25, 0.3) is 11.7 Å². The smallest absolute Gasteiger partial charge is 0.269 e. The fraction of sp³-hybridized carbons (Fsp3) is 0.0769. The molecular weight excluding hydrogens is 448 g/mol. The average Bonchev–Trinajstić information content (AvgIpc) is 2.89. The highest BCUT2D eigenvalue weighted by molar-refractivity contribution is 6.09. The number of nitrogens with zero attached hydrogens (tertiary/aromatic N) is 3. The number of nitrogens with one attached hydrogen (secondary N) is 1. The molecule has 2 aromatic heterocycles. The Kier molecular flexibility index (Phi) is 6.74. The van der Waals surface area contributed by atoms with Crippen molar-refractivity contribution in [2.24, 2.45) is 0 Å². The fourth-order valence-electron chi connectivity index (χ4n) is 3.26. The van der Waals surface area contributed by atoms with E-state index in [2.05, 4.69) is 10.3 Å². The number of aromatic nitrogens is 2. The third-order valence-electron chi connectivity index (χ3n) is 5.01. The maximum Gasteiger partial charge on any atom is 0.269 e. The molecule has 0 atom stereocenters. The van der Waals surface area contributed by atoms with Crippen molar-refractivity contribution >= 4 is 23.3 Å². The summed E-state index contributed by atoms with van der Waals surface area (Å²) in [6.07, 6.45) is 2.71. The first-order valence-corrected chi connectivity index (χ1v) is 10.4. The van der Waals surface area contributed by atoms with Gasteiger partial charge in [0.1, 0.15) is 28.6 Å². The number of para-hydroxylation sites is 2. The fourth-order valence-corrected chi connectivity index (χ4v) is 3.26. The molecule has 1 N–H and O–H groups in total. The summed E-state index contributed by atoms with van der Waals surface area (Å²) in [5.41, 5.74) is -0.0939. The Morgan fingerprint density at radius 3 is 2.40 bits per heavy atom.